The third-order valence-electron chi connectivity index (χ3n) is 9.13. The minimum atomic E-state index is -2.17. The maximum atomic E-state index is 13.9. The minimum absolute atomic E-state index is 0.0335. The van der Waals surface area contributed by atoms with E-state index in [0.717, 1.165) is 13.8 Å². The average molecular weight is 866 g/mol. The number of hydrogen-bond acceptors (Lipinski definition) is 12. The number of rotatable bonds is 27. The third-order valence-corrected chi connectivity index (χ3v) is 9.13. The van der Waals surface area contributed by atoms with Gasteiger partial charge in [-0.1, -0.05) is 58.0 Å². The highest BCUT2D eigenvalue weighted by atomic mass is 16.4. The fourth-order valence-corrected chi connectivity index (χ4v) is 5.70. The van der Waals surface area contributed by atoms with Gasteiger partial charge < -0.3 is 63.2 Å². The van der Waals surface area contributed by atoms with Crippen molar-refractivity contribution in [3.8, 4) is 0 Å². The Bertz CT molecular complexity index is 1740. The molecule has 0 saturated carbocycles. The second kappa shape index (κ2) is 24.8. The van der Waals surface area contributed by atoms with Crippen LogP contribution in [-0.2, 0) is 54.4 Å². The molecule has 0 heterocycles. The number of aliphatic carboxylic acids is 4. The number of benzene rings is 1. The molecule has 13 N–H and O–H groups in total. The molecule has 22 heteroatoms. The second-order valence-corrected chi connectivity index (χ2v) is 15.8. The molecular weight excluding hydrogens is 806 g/mol. The molecule has 0 aromatic heterocycles. The zero-order valence-corrected chi connectivity index (χ0v) is 34.9. The van der Waals surface area contributed by atoms with Crippen molar-refractivity contribution in [3.63, 3.8) is 0 Å². The van der Waals surface area contributed by atoms with Gasteiger partial charge in [-0.25, -0.2) is 4.79 Å². The quantitative estimate of drug-likeness (QED) is 0.0465. The second-order valence-electron chi connectivity index (χ2n) is 15.8. The van der Waals surface area contributed by atoms with Crippen LogP contribution in [0.2, 0.25) is 0 Å². The molecule has 22 nitrogen and oxygen atoms in total. The Balaban J connectivity index is 3.37. The van der Waals surface area contributed by atoms with Gasteiger partial charge in [0.2, 0.25) is 29.5 Å². The van der Waals surface area contributed by atoms with Crippen LogP contribution in [0.15, 0.2) is 30.3 Å². The highest BCUT2D eigenvalue weighted by Crippen LogP contribution is 2.13. The molecule has 0 bridgehead atoms. The van der Waals surface area contributed by atoms with Crippen molar-refractivity contribution in [3.05, 3.63) is 35.9 Å². The van der Waals surface area contributed by atoms with E-state index in [4.69, 9.17) is 15.9 Å². The normalized spacial score (nSPS) is 14.8. The summed E-state index contributed by atoms with van der Waals surface area (Å²) in [5, 5.41) is 62.4. The fourth-order valence-electron chi connectivity index (χ4n) is 5.70. The Kier molecular flexibility index (Phi) is 21.5. The van der Waals surface area contributed by atoms with Gasteiger partial charge in [-0.15, -0.1) is 0 Å². The SMILES string of the molecule is CC(C)C[C@H](NC(=O)[C@@H](NC(=O)[C@@H](N)CCC(=O)O)C(C)C)C(=O)N[C@@H](Cc1ccccc1)[C@@H](O)C(=O)N[C@@H](CC(=O)O)C(=O)NC(C)(C)C(=O)N[C@@H](CCC(=O)O)C(=O)O. The summed E-state index contributed by atoms with van der Waals surface area (Å²) in [6, 6.07) is -0.601. The number of carboxylic acid groups (broad SMARTS) is 4. The topological polar surface area (TPSA) is 370 Å². The van der Waals surface area contributed by atoms with E-state index in [1.54, 1.807) is 58.0 Å². The van der Waals surface area contributed by atoms with Crippen LogP contribution in [0, 0.1) is 11.8 Å². The molecule has 0 aliphatic heterocycles. The summed E-state index contributed by atoms with van der Waals surface area (Å²) < 4.78 is 0. The van der Waals surface area contributed by atoms with Crippen molar-refractivity contribution in [2.24, 2.45) is 17.6 Å². The molecule has 1 aromatic rings. The molecule has 7 atom stereocenters. The van der Waals surface area contributed by atoms with Crippen molar-refractivity contribution < 1.29 is 73.5 Å². The van der Waals surface area contributed by atoms with Crippen LogP contribution in [0.3, 0.4) is 0 Å². The lowest BCUT2D eigenvalue weighted by molar-refractivity contribution is -0.145. The van der Waals surface area contributed by atoms with Gasteiger partial charge in [0.15, 0.2) is 6.10 Å². The molecular formula is C39H59N7O15. The molecule has 1 rings (SSSR count). The lowest BCUT2D eigenvalue weighted by Gasteiger charge is -2.31. The van der Waals surface area contributed by atoms with Crippen LogP contribution in [0.5, 0.6) is 0 Å². The molecule has 0 aliphatic rings. The van der Waals surface area contributed by atoms with Crippen LogP contribution < -0.4 is 37.6 Å². The predicted molar refractivity (Wildman–Crippen MR) is 214 cm³/mol. The van der Waals surface area contributed by atoms with E-state index in [0.29, 0.717) is 5.56 Å². The molecule has 6 amide bonds. The smallest absolute Gasteiger partial charge is 0.326 e. The summed E-state index contributed by atoms with van der Waals surface area (Å²) in [6.45, 7) is 9.00. The van der Waals surface area contributed by atoms with Crippen molar-refractivity contribution >= 4 is 59.3 Å². The molecule has 0 radical (unpaired) electrons. The number of carbonyl (C=O) groups excluding carboxylic acids is 6. The Morgan fingerprint density at radius 1 is 0.639 bits per heavy atom. The van der Waals surface area contributed by atoms with E-state index in [9.17, 15) is 63.3 Å². The number of aliphatic hydroxyl groups excluding tert-OH is 1. The van der Waals surface area contributed by atoms with Gasteiger partial charge in [-0.05, 0) is 56.9 Å². The van der Waals surface area contributed by atoms with Gasteiger partial charge in [0.05, 0.1) is 18.5 Å². The number of nitrogens with one attached hydrogen (secondary N) is 6. The Morgan fingerprint density at radius 3 is 1.70 bits per heavy atom. The van der Waals surface area contributed by atoms with Crippen molar-refractivity contribution in [1.29, 1.82) is 0 Å². The largest absolute Gasteiger partial charge is 0.481 e. The first-order valence-electron chi connectivity index (χ1n) is 19.5. The van der Waals surface area contributed by atoms with E-state index in [-0.39, 0.29) is 25.2 Å². The van der Waals surface area contributed by atoms with E-state index in [1.807, 2.05) is 0 Å². The average Bonchev–Trinajstić information content (AvgIpc) is 3.15. The summed E-state index contributed by atoms with van der Waals surface area (Å²) in [7, 11) is 0. The first-order chi connectivity index (χ1) is 28.2. The summed E-state index contributed by atoms with van der Waals surface area (Å²) in [6.07, 6.45) is -5.08. The molecule has 0 aliphatic carbocycles. The number of carboxylic acids is 4. The first-order valence-corrected chi connectivity index (χ1v) is 19.5. The maximum Gasteiger partial charge on any atom is 0.326 e. The van der Waals surface area contributed by atoms with Crippen LogP contribution >= 0.6 is 0 Å². The molecule has 0 fully saturated rings. The van der Waals surface area contributed by atoms with E-state index >= 15 is 0 Å². The highest BCUT2D eigenvalue weighted by Gasteiger charge is 2.38. The van der Waals surface area contributed by atoms with Gasteiger partial charge in [-0.2, -0.15) is 0 Å². The summed E-state index contributed by atoms with van der Waals surface area (Å²) >= 11 is 0. The van der Waals surface area contributed by atoms with Crippen LogP contribution in [-0.4, -0.2) is 133 Å². The number of nitrogens with two attached hydrogens (primary N) is 1. The van der Waals surface area contributed by atoms with Crippen molar-refractivity contribution in [2.75, 3.05) is 0 Å². The van der Waals surface area contributed by atoms with Crippen LogP contribution in [0.25, 0.3) is 0 Å². The van der Waals surface area contributed by atoms with Gasteiger partial charge in [0.1, 0.15) is 29.7 Å². The lowest BCUT2D eigenvalue weighted by Crippen LogP contribution is -2.63. The molecule has 0 spiro atoms. The van der Waals surface area contributed by atoms with E-state index < -0.39 is 139 Å². The van der Waals surface area contributed by atoms with Crippen molar-refractivity contribution in [1.82, 2.24) is 31.9 Å². The van der Waals surface area contributed by atoms with E-state index in [1.165, 1.54) is 0 Å². The molecule has 0 unspecified atom stereocenters. The minimum Gasteiger partial charge on any atom is -0.481 e. The maximum absolute atomic E-state index is 13.9. The highest BCUT2D eigenvalue weighted by molar-refractivity contribution is 5.98. The molecule has 0 saturated heterocycles. The first kappa shape index (κ1) is 52.9. The standard InChI is InChI=1S/C39H59N7O15/c1-19(2)16-25(42-35(57)30(20(3)4)45-32(54)22(40)12-14-27(47)48)33(55)41-24(17-21-10-8-7-9-11-21)31(53)36(58)43-26(18-29(51)52)34(56)46-39(5,6)38(61)44-23(37(59)60)13-15-28(49)50/h7-11,19-20,22-26,30-31,53H,12-18,40H2,1-6H3,(H,41,55)(H,42,57)(H,43,58)(H,44,61)(H,45,54)(H,46,56)(H,47,48)(H,49,50)(H,51,52)(H,59,60)/t22-,23-,24-,25-,26-,30-,31+/m0/s1. The zero-order valence-electron chi connectivity index (χ0n) is 34.9. The molecule has 340 valence electrons. The number of carbonyl (C=O) groups is 10. The number of hydrogen-bond donors (Lipinski definition) is 12. The summed E-state index contributed by atoms with van der Waals surface area (Å²) in [5.41, 5.74) is 4.39. The van der Waals surface area contributed by atoms with Gasteiger partial charge in [-0.3, -0.25) is 43.2 Å². The van der Waals surface area contributed by atoms with Crippen LogP contribution in [0.1, 0.15) is 85.6 Å². The van der Waals surface area contributed by atoms with Crippen LogP contribution in [0.4, 0.5) is 0 Å². The zero-order chi connectivity index (χ0) is 46.8. The van der Waals surface area contributed by atoms with Crippen molar-refractivity contribution in [2.45, 2.75) is 134 Å². The predicted octanol–water partition coefficient (Wildman–Crippen LogP) is -1.77. The van der Waals surface area contributed by atoms with Gasteiger partial charge in [0, 0.05) is 12.8 Å². The summed E-state index contributed by atoms with van der Waals surface area (Å²) in [4.78, 5) is 125. The number of amides is 6. The fraction of sp³-hybridized carbons (Fsp3) is 0.590. The Hall–Kier alpha value is -6.16. The van der Waals surface area contributed by atoms with E-state index in [2.05, 4.69) is 31.9 Å². The Morgan fingerprint density at radius 2 is 1.20 bits per heavy atom. The lowest BCUT2D eigenvalue weighted by atomic mass is 9.97. The summed E-state index contributed by atoms with van der Waals surface area (Å²) in [5.74, 6) is -12.5. The number of aliphatic hydroxyl groups is 1. The van der Waals surface area contributed by atoms with Gasteiger partial charge >= 0.3 is 23.9 Å². The molecule has 1 aromatic carbocycles. The Labute approximate surface area is 352 Å². The third kappa shape index (κ3) is 19.2. The molecule has 61 heavy (non-hydrogen) atoms. The van der Waals surface area contributed by atoms with Gasteiger partial charge in [0.25, 0.3) is 5.91 Å². The monoisotopic (exact) mass is 865 g/mol.